The molecule has 2 rings (SSSR count). The van der Waals surface area contributed by atoms with Gasteiger partial charge in [-0.1, -0.05) is 0 Å². The van der Waals surface area contributed by atoms with Crippen molar-refractivity contribution in [3.63, 3.8) is 0 Å². The Kier molecular flexibility index (Phi) is 3.42. The molecule has 90 valence electrons. The fourth-order valence-electron chi connectivity index (χ4n) is 1.98. The average molecular weight is 232 g/mol. The molecule has 0 aromatic heterocycles. The van der Waals surface area contributed by atoms with Crippen LogP contribution < -0.4 is 10.6 Å². The summed E-state index contributed by atoms with van der Waals surface area (Å²) in [7, 11) is 0. The predicted octanol–water partition coefficient (Wildman–Crippen LogP) is 1.71. The van der Waals surface area contributed by atoms with E-state index in [2.05, 4.69) is 10.6 Å². The molecule has 0 aliphatic carbocycles. The Hall–Kier alpha value is -1.84. The Balaban J connectivity index is 2.27. The first kappa shape index (κ1) is 11.6. The van der Waals surface area contributed by atoms with Crippen LogP contribution in [0.1, 0.15) is 35.7 Å². The second kappa shape index (κ2) is 4.99. The number of nitrogens with one attached hydrogen (secondary N) is 2. The zero-order valence-corrected chi connectivity index (χ0v) is 9.88. The molecule has 0 spiro atoms. The van der Waals surface area contributed by atoms with Crippen molar-refractivity contribution < 1.29 is 9.59 Å². The predicted molar refractivity (Wildman–Crippen MR) is 66.0 cm³/mol. The van der Waals surface area contributed by atoms with Gasteiger partial charge in [-0.15, -0.1) is 0 Å². The number of fused-ring (bicyclic) bond motifs is 1. The number of aryl methyl sites for hydroxylation is 1. The Bertz CT molecular complexity index is 455. The molecule has 4 heteroatoms. The summed E-state index contributed by atoms with van der Waals surface area (Å²) in [5.74, 6) is -0.0135. The number of rotatable bonds is 2. The van der Waals surface area contributed by atoms with E-state index in [1.165, 1.54) is 0 Å². The van der Waals surface area contributed by atoms with Crippen molar-refractivity contribution in [2.75, 3.05) is 11.9 Å². The van der Waals surface area contributed by atoms with Crippen molar-refractivity contribution in [3.05, 3.63) is 29.3 Å². The van der Waals surface area contributed by atoms with Crippen LogP contribution in [0.3, 0.4) is 0 Å². The zero-order valence-electron chi connectivity index (χ0n) is 9.88. The van der Waals surface area contributed by atoms with Gasteiger partial charge in [-0.05, 0) is 43.5 Å². The van der Waals surface area contributed by atoms with Crippen molar-refractivity contribution in [2.24, 2.45) is 0 Å². The van der Waals surface area contributed by atoms with E-state index < -0.39 is 0 Å². The van der Waals surface area contributed by atoms with E-state index in [-0.39, 0.29) is 11.8 Å². The average Bonchev–Trinajstić information content (AvgIpc) is 2.49. The third-order valence-corrected chi connectivity index (χ3v) is 2.83. The Morgan fingerprint density at radius 3 is 3.00 bits per heavy atom. The van der Waals surface area contributed by atoms with E-state index in [1.54, 1.807) is 6.07 Å². The maximum absolute atomic E-state index is 11.7. The highest BCUT2D eigenvalue weighted by Crippen LogP contribution is 2.23. The van der Waals surface area contributed by atoms with Gasteiger partial charge in [-0.2, -0.15) is 0 Å². The van der Waals surface area contributed by atoms with Crippen molar-refractivity contribution in [2.45, 2.75) is 26.2 Å². The second-order valence-electron chi connectivity index (χ2n) is 4.13. The van der Waals surface area contributed by atoms with Crippen molar-refractivity contribution >= 4 is 17.5 Å². The molecule has 0 saturated carbocycles. The van der Waals surface area contributed by atoms with Gasteiger partial charge in [0.1, 0.15) is 0 Å². The smallest absolute Gasteiger partial charge is 0.251 e. The summed E-state index contributed by atoms with van der Waals surface area (Å²) in [6.07, 6.45) is 2.21. The van der Waals surface area contributed by atoms with Crippen LogP contribution in [0.15, 0.2) is 18.2 Å². The fourth-order valence-corrected chi connectivity index (χ4v) is 1.98. The van der Waals surface area contributed by atoms with E-state index in [0.717, 1.165) is 24.1 Å². The minimum Gasteiger partial charge on any atom is -0.352 e. The Morgan fingerprint density at radius 1 is 1.41 bits per heavy atom. The highest BCUT2D eigenvalue weighted by atomic mass is 16.2. The molecule has 1 aliphatic rings. The number of amides is 2. The topological polar surface area (TPSA) is 58.2 Å². The molecule has 0 unspecified atom stereocenters. The number of anilines is 1. The molecule has 2 amide bonds. The van der Waals surface area contributed by atoms with Crippen LogP contribution in [0.5, 0.6) is 0 Å². The molecule has 2 N–H and O–H groups in total. The quantitative estimate of drug-likeness (QED) is 0.815. The van der Waals surface area contributed by atoms with Crippen LogP contribution >= 0.6 is 0 Å². The van der Waals surface area contributed by atoms with Crippen LogP contribution in [-0.4, -0.2) is 18.4 Å². The lowest BCUT2D eigenvalue weighted by atomic mass is 10.0. The summed E-state index contributed by atoms with van der Waals surface area (Å²) >= 11 is 0. The maximum Gasteiger partial charge on any atom is 0.251 e. The van der Waals surface area contributed by atoms with Crippen LogP contribution in [0.2, 0.25) is 0 Å². The molecule has 17 heavy (non-hydrogen) atoms. The SMILES string of the molecule is CCNC(=O)c1ccc2c(c1)CCCC(=O)N2. The van der Waals surface area contributed by atoms with Gasteiger partial charge < -0.3 is 10.6 Å². The summed E-state index contributed by atoms with van der Waals surface area (Å²) in [6.45, 7) is 2.51. The lowest BCUT2D eigenvalue weighted by molar-refractivity contribution is -0.116. The van der Waals surface area contributed by atoms with E-state index in [1.807, 2.05) is 19.1 Å². The molecule has 4 nitrogen and oxygen atoms in total. The highest BCUT2D eigenvalue weighted by molar-refractivity contribution is 5.97. The molecular weight excluding hydrogens is 216 g/mol. The van der Waals surface area contributed by atoms with Gasteiger partial charge in [-0.3, -0.25) is 9.59 Å². The fraction of sp³-hybridized carbons (Fsp3) is 0.385. The molecule has 0 atom stereocenters. The van der Waals surface area contributed by atoms with Gasteiger partial charge >= 0.3 is 0 Å². The van der Waals surface area contributed by atoms with Crippen LogP contribution in [-0.2, 0) is 11.2 Å². The summed E-state index contributed by atoms with van der Waals surface area (Å²) < 4.78 is 0. The summed E-state index contributed by atoms with van der Waals surface area (Å²) in [6, 6.07) is 5.42. The third kappa shape index (κ3) is 2.64. The number of hydrogen-bond donors (Lipinski definition) is 2. The van der Waals surface area contributed by atoms with E-state index >= 15 is 0 Å². The first-order valence-electron chi connectivity index (χ1n) is 5.91. The van der Waals surface area contributed by atoms with Crippen LogP contribution in [0, 0.1) is 0 Å². The molecule has 1 aliphatic heterocycles. The van der Waals surface area contributed by atoms with Crippen molar-refractivity contribution in [3.8, 4) is 0 Å². The molecule has 0 radical (unpaired) electrons. The standard InChI is InChI=1S/C13H16N2O2/c1-2-14-13(17)10-6-7-11-9(8-10)4-3-5-12(16)15-11/h6-8H,2-5H2,1H3,(H,14,17)(H,15,16). The van der Waals surface area contributed by atoms with Crippen molar-refractivity contribution in [1.29, 1.82) is 0 Å². The normalized spacial score (nSPS) is 14.5. The lowest BCUT2D eigenvalue weighted by Gasteiger charge is -2.09. The van der Waals surface area contributed by atoms with Crippen LogP contribution in [0.25, 0.3) is 0 Å². The zero-order chi connectivity index (χ0) is 12.3. The number of benzene rings is 1. The minimum absolute atomic E-state index is 0.0505. The molecule has 1 aromatic carbocycles. The van der Waals surface area contributed by atoms with Gasteiger partial charge in [0, 0.05) is 24.2 Å². The van der Waals surface area contributed by atoms with Crippen LogP contribution in [0.4, 0.5) is 5.69 Å². The molecule has 0 fully saturated rings. The van der Waals surface area contributed by atoms with Gasteiger partial charge in [0.05, 0.1) is 0 Å². The molecule has 0 saturated heterocycles. The van der Waals surface area contributed by atoms with E-state index in [9.17, 15) is 9.59 Å². The first-order chi connectivity index (χ1) is 8.20. The molecule has 0 bridgehead atoms. The summed E-state index contributed by atoms with van der Waals surface area (Å²) in [4.78, 5) is 23.1. The monoisotopic (exact) mass is 232 g/mol. The Morgan fingerprint density at radius 2 is 2.24 bits per heavy atom. The van der Waals surface area contributed by atoms with Gasteiger partial charge in [0.25, 0.3) is 5.91 Å². The molecule has 1 heterocycles. The number of carbonyl (C=O) groups excluding carboxylic acids is 2. The van der Waals surface area contributed by atoms with Gasteiger partial charge in [0.2, 0.25) is 5.91 Å². The summed E-state index contributed by atoms with van der Waals surface area (Å²) in [5, 5.41) is 5.62. The van der Waals surface area contributed by atoms with Crippen molar-refractivity contribution in [1.82, 2.24) is 5.32 Å². The third-order valence-electron chi connectivity index (χ3n) is 2.83. The maximum atomic E-state index is 11.7. The second-order valence-corrected chi connectivity index (χ2v) is 4.13. The summed E-state index contributed by atoms with van der Waals surface area (Å²) in [5.41, 5.74) is 2.53. The molecular formula is C13H16N2O2. The van der Waals surface area contributed by atoms with Gasteiger partial charge in [0.15, 0.2) is 0 Å². The first-order valence-corrected chi connectivity index (χ1v) is 5.91. The minimum atomic E-state index is -0.0640. The van der Waals surface area contributed by atoms with E-state index in [4.69, 9.17) is 0 Å². The van der Waals surface area contributed by atoms with E-state index in [0.29, 0.717) is 18.5 Å². The number of hydrogen-bond acceptors (Lipinski definition) is 2. The highest BCUT2D eigenvalue weighted by Gasteiger charge is 2.14. The largest absolute Gasteiger partial charge is 0.352 e. The molecule has 1 aromatic rings. The number of carbonyl (C=O) groups is 2. The lowest BCUT2D eigenvalue weighted by Crippen LogP contribution is -2.22. The Labute approximate surface area is 100 Å². The van der Waals surface area contributed by atoms with Gasteiger partial charge in [-0.25, -0.2) is 0 Å².